The van der Waals surface area contributed by atoms with Crippen LogP contribution in [0, 0.1) is 11.6 Å². The van der Waals surface area contributed by atoms with Crippen LogP contribution in [0.25, 0.3) is 0 Å². The number of anilines is 2. The Morgan fingerprint density at radius 1 is 0.562 bits per heavy atom. The van der Waals surface area contributed by atoms with E-state index >= 15 is 0 Å². The highest BCUT2D eigenvalue weighted by Gasteiger charge is 2.23. The third-order valence-corrected chi connectivity index (χ3v) is 9.38. The highest BCUT2D eigenvalue weighted by molar-refractivity contribution is 8.89. The van der Waals surface area contributed by atoms with Crippen molar-refractivity contribution in [1.29, 1.82) is 0 Å². The predicted octanol–water partition coefficient (Wildman–Crippen LogP) is 4.86. The van der Waals surface area contributed by atoms with Crippen molar-refractivity contribution in [2.45, 2.75) is 0 Å². The Kier molecular flexibility index (Phi) is 8.09. The van der Waals surface area contributed by atoms with Gasteiger partial charge in [-0.1, -0.05) is 24.4 Å². The molecule has 10 heteroatoms. The minimum absolute atomic E-state index is 0.213. The molecule has 0 amide bonds. The van der Waals surface area contributed by atoms with Crippen LogP contribution in [0.3, 0.4) is 0 Å². The summed E-state index contributed by atoms with van der Waals surface area (Å²) >= 11 is 11.3. The van der Waals surface area contributed by atoms with Crippen LogP contribution in [0.4, 0.5) is 20.2 Å². The summed E-state index contributed by atoms with van der Waals surface area (Å²) in [4.78, 5) is 8.92. The van der Waals surface area contributed by atoms with Crippen molar-refractivity contribution >= 4 is 66.0 Å². The minimum Gasteiger partial charge on any atom is -0.368 e. The highest BCUT2D eigenvalue weighted by atomic mass is 33.1. The molecule has 2 aliphatic rings. The predicted molar refractivity (Wildman–Crippen MR) is 141 cm³/mol. The van der Waals surface area contributed by atoms with E-state index in [-0.39, 0.29) is 11.6 Å². The van der Waals surface area contributed by atoms with E-state index < -0.39 is 0 Å². The maximum Gasteiger partial charge on any atom is 0.147 e. The van der Waals surface area contributed by atoms with E-state index in [9.17, 15) is 8.78 Å². The molecule has 0 atom stereocenters. The zero-order valence-electron chi connectivity index (χ0n) is 17.5. The number of thiocarbonyl (C=S) groups is 2. The van der Waals surface area contributed by atoms with Crippen molar-refractivity contribution in [3.05, 3.63) is 60.2 Å². The number of rotatable bonds is 2. The summed E-state index contributed by atoms with van der Waals surface area (Å²) in [7, 11) is 3.10. The molecule has 2 aliphatic heterocycles. The van der Waals surface area contributed by atoms with E-state index in [0.29, 0.717) is 0 Å². The fourth-order valence-corrected chi connectivity index (χ4v) is 6.53. The van der Waals surface area contributed by atoms with E-state index in [4.69, 9.17) is 24.4 Å². The van der Waals surface area contributed by atoms with Crippen LogP contribution in [0.5, 0.6) is 0 Å². The van der Waals surface area contributed by atoms with E-state index in [1.807, 2.05) is 24.3 Å². The molecule has 0 N–H and O–H groups in total. The van der Waals surface area contributed by atoms with Crippen molar-refractivity contribution in [3.63, 3.8) is 0 Å². The molecule has 2 aromatic rings. The largest absolute Gasteiger partial charge is 0.368 e. The molecule has 2 saturated heterocycles. The van der Waals surface area contributed by atoms with Gasteiger partial charge in [-0.2, -0.15) is 0 Å². The van der Waals surface area contributed by atoms with E-state index in [2.05, 4.69) is 19.6 Å². The second kappa shape index (κ2) is 11.0. The molecular weight excluding hydrogens is 487 g/mol. The molecule has 0 unspecified atom stereocenters. The SMILES string of the molecule is Fc1ccc(N2CCN(C(=S)SSC(=S)N3CCN(c4ccc(F)cc4)CC3)CC2)cc1. The van der Waals surface area contributed by atoms with Gasteiger partial charge in [0.25, 0.3) is 0 Å². The number of hydrogen-bond donors (Lipinski definition) is 0. The fraction of sp³-hybridized carbons (Fsp3) is 0.364. The number of hydrogen-bond acceptors (Lipinski definition) is 6. The van der Waals surface area contributed by atoms with Crippen LogP contribution in [0.1, 0.15) is 0 Å². The van der Waals surface area contributed by atoms with Gasteiger partial charge in [-0.3, -0.25) is 0 Å². The van der Waals surface area contributed by atoms with Crippen LogP contribution in [0.2, 0.25) is 0 Å². The molecule has 0 radical (unpaired) electrons. The van der Waals surface area contributed by atoms with Gasteiger partial charge in [-0.05, 0) is 70.1 Å². The summed E-state index contributed by atoms with van der Waals surface area (Å²) in [6, 6.07) is 13.3. The van der Waals surface area contributed by atoms with Crippen LogP contribution in [0.15, 0.2) is 48.5 Å². The number of benzene rings is 2. The molecule has 0 aliphatic carbocycles. The zero-order valence-corrected chi connectivity index (χ0v) is 20.7. The average Bonchev–Trinajstić information content (AvgIpc) is 2.83. The lowest BCUT2D eigenvalue weighted by Crippen LogP contribution is -2.48. The topological polar surface area (TPSA) is 13.0 Å². The van der Waals surface area contributed by atoms with Crippen molar-refractivity contribution in [3.8, 4) is 0 Å². The maximum atomic E-state index is 13.1. The Morgan fingerprint density at radius 2 is 0.875 bits per heavy atom. The van der Waals surface area contributed by atoms with Gasteiger partial charge in [0, 0.05) is 63.7 Å². The van der Waals surface area contributed by atoms with E-state index in [1.54, 1.807) is 21.6 Å². The molecule has 2 heterocycles. The number of halogens is 2. The lowest BCUT2D eigenvalue weighted by molar-refractivity contribution is 0.397. The third-order valence-electron chi connectivity index (χ3n) is 5.64. The molecule has 4 nitrogen and oxygen atoms in total. The number of nitrogens with zero attached hydrogens (tertiary/aromatic N) is 4. The van der Waals surface area contributed by atoms with Gasteiger partial charge in [0.1, 0.15) is 20.3 Å². The van der Waals surface area contributed by atoms with E-state index in [0.717, 1.165) is 72.4 Å². The molecule has 2 aromatic carbocycles. The molecule has 0 aromatic heterocycles. The van der Waals surface area contributed by atoms with Crippen molar-refractivity contribution < 1.29 is 8.78 Å². The molecule has 170 valence electrons. The van der Waals surface area contributed by atoms with Crippen LogP contribution in [-0.2, 0) is 0 Å². The first-order valence-corrected chi connectivity index (χ1v) is 13.4. The molecule has 32 heavy (non-hydrogen) atoms. The zero-order chi connectivity index (χ0) is 22.5. The van der Waals surface area contributed by atoms with Gasteiger partial charge in [0.05, 0.1) is 0 Å². The first-order valence-electron chi connectivity index (χ1n) is 10.4. The van der Waals surface area contributed by atoms with Crippen molar-refractivity contribution in [1.82, 2.24) is 9.80 Å². The highest BCUT2D eigenvalue weighted by Crippen LogP contribution is 2.30. The van der Waals surface area contributed by atoms with Crippen LogP contribution in [-0.4, -0.2) is 70.8 Å². The summed E-state index contributed by atoms with van der Waals surface area (Å²) in [5.74, 6) is -0.426. The molecule has 4 rings (SSSR count). The summed E-state index contributed by atoms with van der Waals surface area (Å²) in [5.41, 5.74) is 2.08. The first-order chi connectivity index (χ1) is 15.5. The van der Waals surface area contributed by atoms with Crippen molar-refractivity contribution in [2.24, 2.45) is 0 Å². The monoisotopic (exact) mass is 510 g/mol. The smallest absolute Gasteiger partial charge is 0.147 e. The molecule has 0 saturated carbocycles. The summed E-state index contributed by atoms with van der Waals surface area (Å²) < 4.78 is 28.0. The van der Waals surface area contributed by atoms with Crippen LogP contribution < -0.4 is 9.80 Å². The minimum atomic E-state index is -0.213. The van der Waals surface area contributed by atoms with Gasteiger partial charge in [0.2, 0.25) is 0 Å². The summed E-state index contributed by atoms with van der Waals surface area (Å²) in [6.45, 7) is 6.78. The standard InChI is InChI=1S/C22H24F2N4S4/c23-17-1-5-19(6-2-17)25-9-13-27(14-10-25)21(29)31-32-22(30)28-15-11-26(12-16-28)20-7-3-18(24)4-8-20/h1-8H,9-16H2. The Bertz CT molecular complexity index is 848. The van der Waals surface area contributed by atoms with Crippen molar-refractivity contribution in [2.75, 3.05) is 62.2 Å². The van der Waals surface area contributed by atoms with Gasteiger partial charge < -0.3 is 19.6 Å². The first kappa shape index (κ1) is 23.5. The maximum absolute atomic E-state index is 13.1. The lowest BCUT2D eigenvalue weighted by atomic mass is 10.2. The lowest BCUT2D eigenvalue weighted by Gasteiger charge is -2.38. The van der Waals surface area contributed by atoms with E-state index in [1.165, 1.54) is 24.3 Å². The quantitative estimate of drug-likeness (QED) is 0.414. The molecule has 0 bridgehead atoms. The fourth-order valence-electron chi connectivity index (χ4n) is 3.77. The Labute approximate surface area is 206 Å². The van der Waals surface area contributed by atoms with Gasteiger partial charge in [0.15, 0.2) is 0 Å². The third kappa shape index (κ3) is 6.03. The number of piperazine rings is 2. The molecule has 0 spiro atoms. The molecular formula is C22H24F2N4S4. The second-order valence-corrected chi connectivity index (χ2v) is 11.0. The summed E-state index contributed by atoms with van der Waals surface area (Å²) in [5, 5.41) is 0. The summed E-state index contributed by atoms with van der Waals surface area (Å²) in [6.07, 6.45) is 0. The average molecular weight is 511 g/mol. The molecule has 2 fully saturated rings. The Hall–Kier alpha value is -1.62. The Balaban J connectivity index is 1.18. The Morgan fingerprint density at radius 3 is 1.19 bits per heavy atom. The van der Waals surface area contributed by atoms with Gasteiger partial charge >= 0.3 is 0 Å². The van der Waals surface area contributed by atoms with Gasteiger partial charge in [-0.25, -0.2) is 8.78 Å². The van der Waals surface area contributed by atoms with Gasteiger partial charge in [-0.15, -0.1) is 0 Å². The van der Waals surface area contributed by atoms with Crippen LogP contribution >= 0.6 is 46.0 Å². The second-order valence-electron chi connectivity index (χ2n) is 7.60. The normalized spacial score (nSPS) is 16.9.